The van der Waals surface area contributed by atoms with Gasteiger partial charge in [-0.15, -0.1) is 0 Å². The molecule has 0 saturated heterocycles. The SMILES string of the molecule is C[Si](C)(C)OC(=O)CCCC=CCC1=CC(O[Si](C)(C)C)CC1=O. The second-order valence-electron chi connectivity index (χ2n) is 8.24. The molecule has 136 valence electrons. The maximum atomic E-state index is 12.0. The molecule has 0 N–H and O–H groups in total. The fraction of sp³-hybridized carbons (Fsp3) is 0.667. The molecule has 0 aromatic rings. The normalized spacial score (nSPS) is 19.0. The van der Waals surface area contributed by atoms with Crippen molar-refractivity contribution in [1.82, 2.24) is 0 Å². The van der Waals surface area contributed by atoms with Crippen LogP contribution >= 0.6 is 0 Å². The molecule has 0 radical (unpaired) electrons. The molecule has 0 fully saturated rings. The van der Waals surface area contributed by atoms with Crippen LogP contribution in [0.5, 0.6) is 0 Å². The van der Waals surface area contributed by atoms with Crippen LogP contribution < -0.4 is 0 Å². The van der Waals surface area contributed by atoms with Gasteiger partial charge < -0.3 is 8.85 Å². The maximum Gasteiger partial charge on any atom is 0.292 e. The van der Waals surface area contributed by atoms with Crippen molar-refractivity contribution in [2.75, 3.05) is 0 Å². The molecule has 6 heteroatoms. The summed E-state index contributed by atoms with van der Waals surface area (Å²) in [6.45, 7) is 12.4. The number of carbonyl (C=O) groups is 2. The van der Waals surface area contributed by atoms with Gasteiger partial charge in [-0.3, -0.25) is 9.59 Å². The summed E-state index contributed by atoms with van der Waals surface area (Å²) in [5.74, 6) is 0.101. The molecule has 0 aliphatic heterocycles. The highest BCUT2D eigenvalue weighted by Crippen LogP contribution is 2.23. The summed E-state index contributed by atoms with van der Waals surface area (Å²) >= 11 is 0. The number of Topliss-reactive ketones (excluding diaryl/α,β-unsaturated/α-hetero) is 1. The summed E-state index contributed by atoms with van der Waals surface area (Å²) in [6, 6.07) is 0. The summed E-state index contributed by atoms with van der Waals surface area (Å²) in [6.07, 6.45) is 9.22. The number of rotatable bonds is 9. The molecule has 0 aromatic heterocycles. The van der Waals surface area contributed by atoms with Gasteiger partial charge in [0.15, 0.2) is 14.1 Å². The maximum absolute atomic E-state index is 12.0. The minimum Gasteiger partial charge on any atom is -0.520 e. The van der Waals surface area contributed by atoms with Gasteiger partial charge in [0.2, 0.25) is 8.32 Å². The smallest absolute Gasteiger partial charge is 0.292 e. The zero-order chi connectivity index (χ0) is 18.4. The molecule has 0 amide bonds. The van der Waals surface area contributed by atoms with E-state index in [1.807, 2.05) is 37.9 Å². The van der Waals surface area contributed by atoms with E-state index in [2.05, 4.69) is 19.6 Å². The van der Waals surface area contributed by atoms with E-state index in [4.69, 9.17) is 8.85 Å². The monoisotopic (exact) mass is 368 g/mol. The topological polar surface area (TPSA) is 52.6 Å². The fourth-order valence-electron chi connectivity index (χ4n) is 2.49. The number of hydrogen-bond donors (Lipinski definition) is 0. The first-order chi connectivity index (χ1) is 11.0. The van der Waals surface area contributed by atoms with Crippen LogP contribution in [0.15, 0.2) is 23.8 Å². The number of ketones is 1. The minimum absolute atomic E-state index is 0.0381. The van der Waals surface area contributed by atoms with Crippen molar-refractivity contribution in [3.05, 3.63) is 23.8 Å². The van der Waals surface area contributed by atoms with Crippen LogP contribution in [0, 0.1) is 0 Å². The number of hydrogen-bond acceptors (Lipinski definition) is 4. The number of carbonyl (C=O) groups excluding carboxylic acids is 2. The zero-order valence-electron chi connectivity index (χ0n) is 16.0. The van der Waals surface area contributed by atoms with E-state index in [-0.39, 0.29) is 17.9 Å². The second-order valence-corrected chi connectivity index (χ2v) is 17.1. The van der Waals surface area contributed by atoms with Gasteiger partial charge in [0.05, 0.1) is 6.10 Å². The summed E-state index contributed by atoms with van der Waals surface area (Å²) in [7, 11) is -3.38. The molecule has 1 rings (SSSR count). The molecule has 0 bridgehead atoms. The lowest BCUT2D eigenvalue weighted by molar-refractivity contribution is -0.135. The predicted molar refractivity (Wildman–Crippen MR) is 103 cm³/mol. The Morgan fingerprint density at radius 1 is 1.17 bits per heavy atom. The third kappa shape index (κ3) is 9.34. The van der Waals surface area contributed by atoms with Gasteiger partial charge >= 0.3 is 0 Å². The Balaban J connectivity index is 2.28. The third-order valence-electron chi connectivity index (χ3n) is 3.31. The Hall–Kier alpha value is -0.986. The highest BCUT2D eigenvalue weighted by atomic mass is 28.4. The summed E-state index contributed by atoms with van der Waals surface area (Å²) < 4.78 is 11.4. The van der Waals surface area contributed by atoms with Crippen LogP contribution in [-0.4, -0.2) is 34.5 Å². The van der Waals surface area contributed by atoms with E-state index in [0.717, 1.165) is 18.4 Å². The molecule has 1 unspecified atom stereocenters. The van der Waals surface area contributed by atoms with Crippen LogP contribution in [0.25, 0.3) is 0 Å². The lowest BCUT2D eigenvalue weighted by Gasteiger charge is -2.21. The summed E-state index contributed by atoms with van der Waals surface area (Å²) in [5.41, 5.74) is 0.854. The van der Waals surface area contributed by atoms with Gasteiger partial charge in [-0.25, -0.2) is 0 Å². The Morgan fingerprint density at radius 2 is 1.83 bits per heavy atom. The lowest BCUT2D eigenvalue weighted by Crippen LogP contribution is -2.30. The molecule has 4 nitrogen and oxygen atoms in total. The van der Waals surface area contributed by atoms with Crippen molar-refractivity contribution in [2.24, 2.45) is 0 Å². The molecule has 0 aromatic carbocycles. The van der Waals surface area contributed by atoms with E-state index >= 15 is 0 Å². The van der Waals surface area contributed by atoms with Crippen LogP contribution in [-0.2, 0) is 18.4 Å². The Morgan fingerprint density at radius 3 is 2.42 bits per heavy atom. The van der Waals surface area contributed by atoms with Crippen molar-refractivity contribution in [2.45, 2.75) is 77.5 Å². The summed E-state index contributed by atoms with van der Waals surface area (Å²) in [5, 5.41) is 0. The van der Waals surface area contributed by atoms with Crippen LogP contribution in [0.1, 0.15) is 32.1 Å². The fourth-order valence-corrected chi connectivity index (χ4v) is 4.33. The molecule has 24 heavy (non-hydrogen) atoms. The second kappa shape index (κ2) is 8.92. The van der Waals surface area contributed by atoms with Gasteiger partial charge in [0.1, 0.15) is 0 Å². The molecule has 0 heterocycles. The van der Waals surface area contributed by atoms with Crippen molar-refractivity contribution in [3.8, 4) is 0 Å². The molecular weight excluding hydrogens is 336 g/mol. The third-order valence-corrected chi connectivity index (χ3v) is 5.16. The standard InChI is InChI=1S/C18H32O4Si2/c1-23(2,3)21-16-13-15(17(19)14-16)11-9-7-8-10-12-18(20)22-24(4,5)6/h7,9,13,16H,8,10-12,14H2,1-6H3. The highest BCUT2D eigenvalue weighted by Gasteiger charge is 2.28. The first-order valence-corrected chi connectivity index (χ1v) is 15.6. The molecule has 1 aliphatic rings. The highest BCUT2D eigenvalue weighted by molar-refractivity contribution is 6.71. The quantitative estimate of drug-likeness (QED) is 0.339. The first kappa shape index (κ1) is 21.1. The zero-order valence-corrected chi connectivity index (χ0v) is 18.0. The molecule has 1 aliphatic carbocycles. The van der Waals surface area contributed by atoms with E-state index < -0.39 is 16.6 Å². The molecular formula is C18H32O4Si2. The first-order valence-electron chi connectivity index (χ1n) is 8.75. The van der Waals surface area contributed by atoms with Gasteiger partial charge in [-0.2, -0.15) is 0 Å². The number of unbranched alkanes of at least 4 members (excludes halogenated alkanes) is 1. The average Bonchev–Trinajstić information content (AvgIpc) is 2.69. The Bertz CT molecular complexity index is 510. The van der Waals surface area contributed by atoms with Crippen LogP contribution in [0.3, 0.4) is 0 Å². The Labute approximate surface area is 148 Å². The predicted octanol–water partition coefficient (Wildman–Crippen LogP) is 4.60. The van der Waals surface area contributed by atoms with Crippen molar-refractivity contribution < 1.29 is 18.4 Å². The largest absolute Gasteiger partial charge is 0.520 e. The minimum atomic E-state index is -1.77. The molecule has 0 saturated carbocycles. The Kier molecular flexibility index (Phi) is 7.83. The van der Waals surface area contributed by atoms with Crippen molar-refractivity contribution in [1.29, 1.82) is 0 Å². The van der Waals surface area contributed by atoms with Gasteiger partial charge in [0.25, 0.3) is 5.97 Å². The lowest BCUT2D eigenvalue weighted by atomic mass is 10.1. The van der Waals surface area contributed by atoms with Gasteiger partial charge in [-0.05, 0) is 70.2 Å². The van der Waals surface area contributed by atoms with Crippen LogP contribution in [0.4, 0.5) is 0 Å². The van der Waals surface area contributed by atoms with E-state index in [0.29, 0.717) is 19.3 Å². The van der Waals surface area contributed by atoms with E-state index in [1.165, 1.54) is 0 Å². The molecule has 1 atom stereocenters. The van der Waals surface area contributed by atoms with E-state index in [1.54, 1.807) is 0 Å². The van der Waals surface area contributed by atoms with Gasteiger partial charge in [0, 0.05) is 12.8 Å². The van der Waals surface area contributed by atoms with Crippen LogP contribution in [0.2, 0.25) is 39.3 Å². The average molecular weight is 369 g/mol. The summed E-state index contributed by atoms with van der Waals surface area (Å²) in [4.78, 5) is 23.6. The van der Waals surface area contributed by atoms with E-state index in [9.17, 15) is 9.59 Å². The molecule has 0 spiro atoms. The van der Waals surface area contributed by atoms with Crippen molar-refractivity contribution >= 4 is 28.4 Å². The van der Waals surface area contributed by atoms with Gasteiger partial charge in [-0.1, -0.05) is 12.2 Å². The number of allylic oxidation sites excluding steroid dienone is 3. The van der Waals surface area contributed by atoms with Crippen molar-refractivity contribution in [3.63, 3.8) is 0 Å².